The first-order chi connectivity index (χ1) is 41.0. The molecule has 0 aromatic heterocycles. The van der Waals surface area contributed by atoms with Crippen molar-refractivity contribution >= 4 is 17.9 Å². The maximum atomic E-state index is 12.9. The van der Waals surface area contributed by atoms with Gasteiger partial charge in [-0.2, -0.15) is 0 Å². The average molecular weight is 1140 g/mol. The highest BCUT2D eigenvalue weighted by Gasteiger charge is 2.19. The summed E-state index contributed by atoms with van der Waals surface area (Å²) < 4.78 is 16.9. The summed E-state index contributed by atoms with van der Waals surface area (Å²) in [5, 5.41) is 0. The number of unbranched alkanes of at least 4 members (excludes halogenated alkanes) is 20. The van der Waals surface area contributed by atoms with E-state index >= 15 is 0 Å². The molecule has 0 bridgehead atoms. The monoisotopic (exact) mass is 1140 g/mol. The molecule has 83 heavy (non-hydrogen) atoms. The van der Waals surface area contributed by atoms with E-state index in [4.69, 9.17) is 14.2 Å². The van der Waals surface area contributed by atoms with Gasteiger partial charge in [0, 0.05) is 19.3 Å². The molecule has 0 spiro atoms. The molecule has 0 aromatic rings. The zero-order valence-corrected chi connectivity index (χ0v) is 53.4. The molecule has 0 aliphatic carbocycles. The van der Waals surface area contributed by atoms with Crippen LogP contribution in [0.25, 0.3) is 0 Å². The number of hydrogen-bond donors (Lipinski definition) is 0. The third-order valence-electron chi connectivity index (χ3n) is 13.7. The molecular formula is C77H122O6. The van der Waals surface area contributed by atoms with Crippen molar-refractivity contribution < 1.29 is 28.6 Å². The first-order valence-corrected chi connectivity index (χ1v) is 33.6. The average Bonchev–Trinajstić information content (AvgIpc) is 3.48. The van der Waals surface area contributed by atoms with Crippen molar-refractivity contribution in [2.24, 2.45) is 0 Å². The number of hydrogen-bond acceptors (Lipinski definition) is 6. The van der Waals surface area contributed by atoms with E-state index in [-0.39, 0.29) is 31.1 Å². The summed E-state index contributed by atoms with van der Waals surface area (Å²) in [6.45, 7) is 6.37. The fourth-order valence-electron chi connectivity index (χ4n) is 8.76. The molecule has 0 amide bonds. The summed E-state index contributed by atoms with van der Waals surface area (Å²) in [7, 11) is 0. The number of ether oxygens (including phenoxy) is 3. The van der Waals surface area contributed by atoms with Gasteiger partial charge in [0.25, 0.3) is 0 Å². The smallest absolute Gasteiger partial charge is 0.306 e. The maximum absolute atomic E-state index is 12.9. The van der Waals surface area contributed by atoms with Crippen LogP contribution in [-0.4, -0.2) is 37.2 Å². The highest BCUT2D eigenvalue weighted by Crippen LogP contribution is 2.15. The quantitative estimate of drug-likeness (QED) is 0.0261. The Morgan fingerprint density at radius 2 is 0.470 bits per heavy atom. The number of rotatable bonds is 59. The minimum absolute atomic E-state index is 0.0979. The molecule has 6 heteroatoms. The molecule has 6 nitrogen and oxygen atoms in total. The lowest BCUT2D eigenvalue weighted by Gasteiger charge is -2.18. The predicted molar refractivity (Wildman–Crippen MR) is 361 cm³/mol. The zero-order valence-electron chi connectivity index (χ0n) is 53.4. The van der Waals surface area contributed by atoms with Gasteiger partial charge in [-0.05, 0) is 135 Å². The second-order valence-corrected chi connectivity index (χ2v) is 21.6. The van der Waals surface area contributed by atoms with Crippen molar-refractivity contribution in [1.82, 2.24) is 0 Å². The molecule has 466 valence electrons. The first-order valence-electron chi connectivity index (χ1n) is 33.6. The van der Waals surface area contributed by atoms with E-state index in [0.29, 0.717) is 19.3 Å². The van der Waals surface area contributed by atoms with Crippen LogP contribution in [0.1, 0.15) is 278 Å². The molecule has 0 saturated heterocycles. The lowest BCUT2D eigenvalue weighted by atomic mass is 10.1. The SMILES string of the molecule is CC/C=C\C/C=C\C/C=C\C/C=C\C/C=C\C/C=C\C/C=C\CCCCCCCC(=O)OCC(COC(=O)CCCCCCCCCCCCC)OC(=O)CCCCCCC/C=C\C/C=C\C/C=C\C/C=C\C/C=C\C/C=C\C/C=C\CC. The van der Waals surface area contributed by atoms with E-state index in [0.717, 1.165) is 186 Å². The van der Waals surface area contributed by atoms with Gasteiger partial charge in [-0.1, -0.05) is 294 Å². The van der Waals surface area contributed by atoms with Gasteiger partial charge in [0.15, 0.2) is 6.10 Å². The van der Waals surface area contributed by atoms with E-state index in [2.05, 4.69) is 191 Å². The van der Waals surface area contributed by atoms with Crippen LogP contribution < -0.4 is 0 Å². The molecule has 0 heterocycles. The topological polar surface area (TPSA) is 78.9 Å². The molecular weight excluding hydrogens is 1020 g/mol. The van der Waals surface area contributed by atoms with E-state index in [9.17, 15) is 14.4 Å². The summed E-state index contributed by atoms with van der Waals surface area (Å²) in [5.41, 5.74) is 0. The fraction of sp³-hybridized carbons (Fsp3) is 0.597. The summed E-state index contributed by atoms with van der Waals surface area (Å²) >= 11 is 0. The van der Waals surface area contributed by atoms with Crippen LogP contribution in [-0.2, 0) is 28.6 Å². The highest BCUT2D eigenvalue weighted by atomic mass is 16.6. The van der Waals surface area contributed by atoms with Crippen LogP contribution in [0, 0.1) is 0 Å². The lowest BCUT2D eigenvalue weighted by molar-refractivity contribution is -0.167. The molecule has 0 saturated carbocycles. The van der Waals surface area contributed by atoms with Gasteiger partial charge in [0.05, 0.1) is 0 Å². The molecule has 0 radical (unpaired) electrons. The third kappa shape index (κ3) is 67.4. The molecule has 0 aliphatic heterocycles. The maximum Gasteiger partial charge on any atom is 0.306 e. The van der Waals surface area contributed by atoms with Crippen LogP contribution in [0.4, 0.5) is 0 Å². The van der Waals surface area contributed by atoms with E-state index in [1.807, 2.05) is 0 Å². The molecule has 0 rings (SSSR count). The largest absolute Gasteiger partial charge is 0.462 e. The Morgan fingerprint density at radius 3 is 0.735 bits per heavy atom. The third-order valence-corrected chi connectivity index (χ3v) is 13.7. The normalized spacial score (nSPS) is 13.2. The Hall–Kier alpha value is -5.23. The molecule has 0 fully saturated rings. The van der Waals surface area contributed by atoms with Crippen LogP contribution in [0.3, 0.4) is 0 Å². The van der Waals surface area contributed by atoms with Gasteiger partial charge >= 0.3 is 17.9 Å². The lowest BCUT2D eigenvalue weighted by Crippen LogP contribution is -2.30. The Kier molecular flexibility index (Phi) is 64.9. The number of carbonyl (C=O) groups excluding carboxylic acids is 3. The van der Waals surface area contributed by atoms with Gasteiger partial charge in [-0.15, -0.1) is 0 Å². The summed E-state index contributed by atoms with van der Waals surface area (Å²) in [5.74, 6) is -0.940. The summed E-state index contributed by atoms with van der Waals surface area (Å²) in [6, 6.07) is 0. The summed E-state index contributed by atoms with van der Waals surface area (Å²) in [4.78, 5) is 38.3. The molecule has 1 unspecified atom stereocenters. The predicted octanol–water partition coefficient (Wildman–Crippen LogP) is 23.4. The van der Waals surface area contributed by atoms with Crippen molar-refractivity contribution in [2.45, 2.75) is 284 Å². The number of carbonyl (C=O) groups is 3. The Labute approximate surface area is 511 Å². The van der Waals surface area contributed by atoms with Gasteiger partial charge in [0.2, 0.25) is 0 Å². The van der Waals surface area contributed by atoms with Crippen LogP contribution in [0.15, 0.2) is 170 Å². The van der Waals surface area contributed by atoms with Crippen LogP contribution in [0.2, 0.25) is 0 Å². The Morgan fingerprint density at radius 1 is 0.253 bits per heavy atom. The minimum atomic E-state index is -0.806. The molecule has 0 N–H and O–H groups in total. The van der Waals surface area contributed by atoms with Crippen molar-refractivity contribution in [2.75, 3.05) is 13.2 Å². The number of allylic oxidation sites excluding steroid dienone is 28. The second-order valence-electron chi connectivity index (χ2n) is 21.6. The standard InChI is InChI=1S/C77H122O6/c1-4-7-10-13-16-19-22-24-26-28-30-32-34-36-38-40-42-44-46-48-50-52-55-58-61-64-67-70-76(79)82-73-74(72-81-75(78)69-66-63-60-57-54-21-18-15-12-9-6-3)83-77(80)71-68-65-62-59-56-53-51-49-47-45-43-41-39-37-35-33-31-29-27-25-23-20-17-14-11-8-5-2/h7-8,10-11,16-17,19-20,24-27,30-33,36-39,42-45,48-51,74H,4-6,9,12-15,18,21-23,28-29,34-35,40-41,46-47,52-73H2,1-3H3/b10-7-,11-8-,19-16-,20-17-,26-24-,27-25-,32-30-,33-31-,38-36-,39-37-,44-42-,45-43-,50-48-,51-49-. The second kappa shape index (κ2) is 69.3. The zero-order chi connectivity index (χ0) is 59.9. The van der Waals surface area contributed by atoms with E-state index in [1.165, 1.54) is 51.4 Å². The van der Waals surface area contributed by atoms with Gasteiger partial charge in [-0.25, -0.2) is 0 Å². The van der Waals surface area contributed by atoms with E-state index in [1.54, 1.807) is 0 Å². The van der Waals surface area contributed by atoms with Gasteiger partial charge in [0.1, 0.15) is 13.2 Å². The molecule has 0 aromatic carbocycles. The summed E-state index contributed by atoms with van der Waals surface area (Å²) in [6.07, 6.45) is 102. The fourth-order valence-corrected chi connectivity index (χ4v) is 8.76. The first kappa shape index (κ1) is 77.8. The number of esters is 3. The van der Waals surface area contributed by atoms with Crippen molar-refractivity contribution in [3.05, 3.63) is 170 Å². The van der Waals surface area contributed by atoms with Gasteiger partial charge < -0.3 is 14.2 Å². The van der Waals surface area contributed by atoms with Crippen LogP contribution in [0.5, 0.6) is 0 Å². The van der Waals surface area contributed by atoms with E-state index < -0.39 is 6.10 Å². The molecule has 1 atom stereocenters. The van der Waals surface area contributed by atoms with Gasteiger partial charge in [-0.3, -0.25) is 14.4 Å². The Balaban J connectivity index is 4.41. The van der Waals surface area contributed by atoms with Crippen molar-refractivity contribution in [1.29, 1.82) is 0 Å². The Bertz CT molecular complexity index is 1890. The molecule has 0 aliphatic rings. The van der Waals surface area contributed by atoms with Crippen molar-refractivity contribution in [3.8, 4) is 0 Å². The minimum Gasteiger partial charge on any atom is -0.462 e. The van der Waals surface area contributed by atoms with Crippen LogP contribution >= 0.6 is 0 Å². The van der Waals surface area contributed by atoms with Crippen molar-refractivity contribution in [3.63, 3.8) is 0 Å². The highest BCUT2D eigenvalue weighted by molar-refractivity contribution is 5.71.